The Morgan fingerprint density at radius 3 is 2.64 bits per heavy atom. The number of carbonyl (C=O) groups excluding carboxylic acids is 1. The van der Waals surface area contributed by atoms with Crippen LogP contribution in [0.25, 0.3) is 11.0 Å². The molecule has 4 heterocycles. The Hall–Kier alpha value is -3.52. The summed E-state index contributed by atoms with van der Waals surface area (Å²) in [4.78, 5) is 36.0. The number of hydrogen-bond acceptors (Lipinski definition) is 6. The highest BCUT2D eigenvalue weighted by atomic mass is 79.9. The standard InChI is InChI=1S/C25H20BrN3O4/c1-14-10-18-24(31)19(23(30)16-6-7-20-21(11-16)33-9-8-32-20)13-29(25(18)27-15(14)2)12-17-4-3-5-22(26)28-17/h3-7,10-11,13H,8-9,12H2,1-2H3. The van der Waals surface area contributed by atoms with Gasteiger partial charge in [-0.1, -0.05) is 6.07 Å². The number of fused-ring (bicyclic) bond motifs is 2. The van der Waals surface area contributed by atoms with Gasteiger partial charge < -0.3 is 14.0 Å². The van der Waals surface area contributed by atoms with Crippen molar-refractivity contribution in [1.29, 1.82) is 0 Å². The summed E-state index contributed by atoms with van der Waals surface area (Å²) in [5, 5.41) is 0.400. The van der Waals surface area contributed by atoms with Gasteiger partial charge in [0.2, 0.25) is 5.43 Å². The van der Waals surface area contributed by atoms with Gasteiger partial charge in [-0.05, 0) is 71.7 Å². The highest BCUT2D eigenvalue weighted by molar-refractivity contribution is 9.10. The Kier molecular flexibility index (Phi) is 5.46. The van der Waals surface area contributed by atoms with Crippen molar-refractivity contribution in [3.63, 3.8) is 0 Å². The van der Waals surface area contributed by atoms with E-state index in [1.807, 2.05) is 36.6 Å². The minimum Gasteiger partial charge on any atom is -0.486 e. The van der Waals surface area contributed by atoms with Crippen LogP contribution in [0.3, 0.4) is 0 Å². The van der Waals surface area contributed by atoms with Gasteiger partial charge in [-0.15, -0.1) is 0 Å². The molecule has 0 saturated heterocycles. The second-order valence-electron chi connectivity index (χ2n) is 7.90. The Morgan fingerprint density at radius 2 is 1.85 bits per heavy atom. The Morgan fingerprint density at radius 1 is 1.06 bits per heavy atom. The second-order valence-corrected chi connectivity index (χ2v) is 8.71. The number of rotatable bonds is 4. The number of hydrogen-bond donors (Lipinski definition) is 0. The summed E-state index contributed by atoms with van der Waals surface area (Å²) in [5.74, 6) is 0.706. The van der Waals surface area contributed by atoms with Gasteiger partial charge in [0, 0.05) is 17.5 Å². The fraction of sp³-hybridized carbons (Fsp3) is 0.200. The van der Waals surface area contributed by atoms with Gasteiger partial charge in [-0.25, -0.2) is 9.97 Å². The van der Waals surface area contributed by atoms with Crippen LogP contribution in [0.1, 0.15) is 32.9 Å². The van der Waals surface area contributed by atoms with Crippen LogP contribution in [0.2, 0.25) is 0 Å². The lowest BCUT2D eigenvalue weighted by Gasteiger charge is -2.19. The molecule has 1 aliphatic heterocycles. The van der Waals surface area contributed by atoms with Gasteiger partial charge in [0.1, 0.15) is 23.5 Å². The highest BCUT2D eigenvalue weighted by Gasteiger charge is 2.21. The number of ether oxygens (including phenoxy) is 2. The first-order valence-corrected chi connectivity index (χ1v) is 11.3. The van der Waals surface area contributed by atoms with Gasteiger partial charge in [0.05, 0.1) is 23.2 Å². The van der Waals surface area contributed by atoms with Crippen molar-refractivity contribution in [2.45, 2.75) is 20.4 Å². The zero-order chi connectivity index (χ0) is 23.1. The molecule has 33 heavy (non-hydrogen) atoms. The number of aryl methyl sites for hydroxylation is 2. The molecule has 0 aliphatic carbocycles. The third-order valence-electron chi connectivity index (χ3n) is 5.65. The van der Waals surface area contributed by atoms with E-state index in [2.05, 4.69) is 25.9 Å². The molecule has 0 radical (unpaired) electrons. The molecule has 0 unspecified atom stereocenters. The zero-order valence-corrected chi connectivity index (χ0v) is 19.7. The molecule has 1 aromatic carbocycles. The molecule has 0 bridgehead atoms. The number of pyridine rings is 3. The largest absolute Gasteiger partial charge is 0.486 e. The van der Waals surface area contributed by atoms with E-state index in [1.165, 1.54) is 0 Å². The van der Waals surface area contributed by atoms with Crippen molar-refractivity contribution in [1.82, 2.24) is 14.5 Å². The third-order valence-corrected chi connectivity index (χ3v) is 6.09. The summed E-state index contributed by atoms with van der Waals surface area (Å²) in [6.45, 7) is 5.03. The quantitative estimate of drug-likeness (QED) is 0.305. The molecular formula is C25H20BrN3O4. The summed E-state index contributed by atoms with van der Waals surface area (Å²) in [7, 11) is 0. The van der Waals surface area contributed by atoms with Gasteiger partial charge in [0.25, 0.3) is 0 Å². The van der Waals surface area contributed by atoms with Crippen LogP contribution in [0.15, 0.2) is 58.1 Å². The summed E-state index contributed by atoms with van der Waals surface area (Å²) >= 11 is 3.39. The SMILES string of the molecule is Cc1cc2c(=O)c(C(=O)c3ccc4c(c3)OCCO4)cn(Cc3cccc(Br)n3)c2nc1C. The molecule has 8 heteroatoms. The molecule has 0 fully saturated rings. The molecule has 0 amide bonds. The summed E-state index contributed by atoms with van der Waals surface area (Å²) in [6, 6.07) is 12.4. The fourth-order valence-electron chi connectivity index (χ4n) is 3.83. The normalized spacial score (nSPS) is 12.7. The van der Waals surface area contributed by atoms with Crippen molar-refractivity contribution in [2.75, 3.05) is 13.2 Å². The second kappa shape index (κ2) is 8.44. The van der Waals surface area contributed by atoms with E-state index >= 15 is 0 Å². The van der Waals surface area contributed by atoms with Crippen molar-refractivity contribution in [3.8, 4) is 11.5 Å². The maximum Gasteiger partial charge on any atom is 0.202 e. The lowest BCUT2D eigenvalue weighted by molar-refractivity contribution is 0.103. The van der Waals surface area contributed by atoms with Crippen molar-refractivity contribution >= 4 is 32.7 Å². The zero-order valence-electron chi connectivity index (χ0n) is 18.1. The number of halogens is 1. The van der Waals surface area contributed by atoms with E-state index in [-0.39, 0.29) is 16.8 Å². The molecule has 5 rings (SSSR count). The average molecular weight is 506 g/mol. The molecule has 0 spiro atoms. The molecule has 0 N–H and O–H groups in total. The summed E-state index contributed by atoms with van der Waals surface area (Å²) in [6.07, 6.45) is 1.58. The molecule has 166 valence electrons. The van der Waals surface area contributed by atoms with E-state index in [4.69, 9.17) is 9.47 Å². The number of ketones is 1. The monoisotopic (exact) mass is 505 g/mol. The number of carbonyl (C=O) groups is 1. The fourth-order valence-corrected chi connectivity index (χ4v) is 4.22. The number of aromatic nitrogens is 3. The maximum absolute atomic E-state index is 13.5. The summed E-state index contributed by atoms with van der Waals surface area (Å²) < 4.78 is 13.7. The molecule has 1 aliphatic rings. The first-order chi connectivity index (χ1) is 15.9. The Balaban J connectivity index is 1.67. The average Bonchev–Trinajstić information content (AvgIpc) is 2.81. The van der Waals surface area contributed by atoms with E-state index < -0.39 is 0 Å². The van der Waals surface area contributed by atoms with Crippen LogP contribution < -0.4 is 14.9 Å². The first-order valence-electron chi connectivity index (χ1n) is 10.5. The minimum absolute atomic E-state index is 0.0687. The van der Waals surface area contributed by atoms with Crippen LogP contribution in [0.5, 0.6) is 11.5 Å². The molecule has 7 nitrogen and oxygen atoms in total. The molecule has 0 saturated carbocycles. The number of benzene rings is 1. The highest BCUT2D eigenvalue weighted by Crippen LogP contribution is 2.31. The maximum atomic E-state index is 13.5. The first kappa shape index (κ1) is 21.3. The molecular weight excluding hydrogens is 486 g/mol. The van der Waals surface area contributed by atoms with Crippen molar-refractivity contribution < 1.29 is 14.3 Å². The Labute approximate surface area is 198 Å². The number of nitrogens with zero attached hydrogens (tertiary/aromatic N) is 3. The lowest BCUT2D eigenvalue weighted by atomic mass is 10.0. The molecule has 0 atom stereocenters. The van der Waals surface area contributed by atoms with E-state index in [9.17, 15) is 9.59 Å². The van der Waals surface area contributed by atoms with Crippen LogP contribution in [0.4, 0.5) is 0 Å². The van der Waals surface area contributed by atoms with Crippen molar-refractivity contribution in [3.05, 3.63) is 91.6 Å². The van der Waals surface area contributed by atoms with E-state index in [0.29, 0.717) is 52.5 Å². The Bertz CT molecular complexity index is 1480. The van der Waals surface area contributed by atoms with Gasteiger partial charge >= 0.3 is 0 Å². The molecule has 4 aromatic rings. The predicted molar refractivity (Wildman–Crippen MR) is 127 cm³/mol. The van der Waals surface area contributed by atoms with Crippen LogP contribution in [0, 0.1) is 13.8 Å². The van der Waals surface area contributed by atoms with Gasteiger partial charge in [-0.2, -0.15) is 0 Å². The molecule has 3 aromatic heterocycles. The van der Waals surface area contributed by atoms with Crippen molar-refractivity contribution in [2.24, 2.45) is 0 Å². The van der Waals surface area contributed by atoms with Gasteiger partial charge in [0.15, 0.2) is 17.3 Å². The smallest absolute Gasteiger partial charge is 0.202 e. The third kappa shape index (κ3) is 4.02. The van der Waals surface area contributed by atoms with Crippen LogP contribution >= 0.6 is 15.9 Å². The van der Waals surface area contributed by atoms with Crippen LogP contribution in [-0.4, -0.2) is 33.5 Å². The minimum atomic E-state index is -0.381. The lowest BCUT2D eigenvalue weighted by Crippen LogP contribution is -2.22. The topological polar surface area (TPSA) is 83.3 Å². The van der Waals surface area contributed by atoms with E-state index in [0.717, 1.165) is 17.0 Å². The van der Waals surface area contributed by atoms with Gasteiger partial charge in [-0.3, -0.25) is 9.59 Å². The van der Waals surface area contributed by atoms with E-state index in [1.54, 1.807) is 30.5 Å². The predicted octanol–water partition coefficient (Wildman–Crippen LogP) is 4.22. The van der Waals surface area contributed by atoms with Crippen LogP contribution in [-0.2, 0) is 6.54 Å². The summed E-state index contributed by atoms with van der Waals surface area (Å²) in [5.41, 5.74) is 3.08.